The van der Waals surface area contributed by atoms with Crippen LogP contribution in [0.15, 0.2) is 30.6 Å². The van der Waals surface area contributed by atoms with E-state index in [1.165, 1.54) is 0 Å². The van der Waals surface area contributed by atoms with Crippen molar-refractivity contribution in [3.8, 4) is 5.88 Å². The van der Waals surface area contributed by atoms with Gasteiger partial charge in [0.1, 0.15) is 12.2 Å². The maximum atomic E-state index is 12.9. The zero-order valence-corrected chi connectivity index (χ0v) is 13.8. The van der Waals surface area contributed by atoms with Gasteiger partial charge in [0.15, 0.2) is 0 Å². The number of amides is 1. The number of methoxy groups -OCH3 is 1. The molecular weight excluding hydrogens is 308 g/mol. The van der Waals surface area contributed by atoms with Crippen LogP contribution in [0, 0.1) is 0 Å². The van der Waals surface area contributed by atoms with Crippen molar-refractivity contribution in [2.75, 3.05) is 33.4 Å². The first-order valence-electron chi connectivity index (χ1n) is 8.15. The molecule has 0 aromatic carbocycles. The minimum absolute atomic E-state index is 0.0419. The summed E-state index contributed by atoms with van der Waals surface area (Å²) in [6, 6.07) is 5.49. The Morgan fingerprint density at radius 1 is 1.38 bits per heavy atom. The van der Waals surface area contributed by atoms with Crippen LogP contribution in [0.4, 0.5) is 0 Å². The highest BCUT2D eigenvalue weighted by molar-refractivity contribution is 5.96. The zero-order valence-electron chi connectivity index (χ0n) is 13.8. The molecule has 0 spiro atoms. The van der Waals surface area contributed by atoms with Crippen molar-refractivity contribution >= 4 is 5.91 Å². The number of aromatic amines is 1. The van der Waals surface area contributed by atoms with Gasteiger partial charge in [0, 0.05) is 44.2 Å². The molecule has 7 heteroatoms. The maximum absolute atomic E-state index is 12.9. The lowest BCUT2D eigenvalue weighted by Crippen LogP contribution is -2.39. The van der Waals surface area contributed by atoms with E-state index in [1.807, 2.05) is 11.0 Å². The van der Waals surface area contributed by atoms with Crippen molar-refractivity contribution in [3.05, 3.63) is 41.9 Å². The predicted molar refractivity (Wildman–Crippen MR) is 88.1 cm³/mol. The summed E-state index contributed by atoms with van der Waals surface area (Å²) in [6.45, 7) is 2.24. The van der Waals surface area contributed by atoms with E-state index in [-0.39, 0.29) is 5.91 Å². The van der Waals surface area contributed by atoms with Crippen LogP contribution >= 0.6 is 0 Å². The van der Waals surface area contributed by atoms with E-state index in [9.17, 15) is 4.79 Å². The number of piperidine rings is 1. The number of nitrogens with zero attached hydrogens (tertiary/aromatic N) is 3. The highest BCUT2D eigenvalue weighted by Crippen LogP contribution is 2.27. The van der Waals surface area contributed by atoms with Crippen LogP contribution in [0.5, 0.6) is 5.88 Å². The molecule has 0 saturated carbocycles. The highest BCUT2D eigenvalue weighted by atomic mass is 16.5. The van der Waals surface area contributed by atoms with Crippen molar-refractivity contribution < 1.29 is 14.3 Å². The molecule has 1 aliphatic heterocycles. The number of rotatable bonds is 6. The molecule has 1 saturated heterocycles. The summed E-state index contributed by atoms with van der Waals surface area (Å²) in [4.78, 5) is 19.0. The first-order valence-corrected chi connectivity index (χ1v) is 8.15. The Labute approximate surface area is 141 Å². The molecule has 0 unspecified atom stereocenters. The second-order valence-corrected chi connectivity index (χ2v) is 5.80. The normalized spacial score (nSPS) is 17.7. The summed E-state index contributed by atoms with van der Waals surface area (Å²) >= 11 is 0. The molecule has 3 rings (SSSR count). The molecule has 24 heavy (non-hydrogen) atoms. The third-order valence-electron chi connectivity index (χ3n) is 4.20. The van der Waals surface area contributed by atoms with Crippen molar-refractivity contribution in [2.45, 2.75) is 18.8 Å². The van der Waals surface area contributed by atoms with Crippen LogP contribution in [0.1, 0.15) is 34.8 Å². The van der Waals surface area contributed by atoms with Gasteiger partial charge in [-0.05, 0) is 31.0 Å². The van der Waals surface area contributed by atoms with Gasteiger partial charge in [-0.3, -0.25) is 9.89 Å². The third kappa shape index (κ3) is 3.73. The van der Waals surface area contributed by atoms with Crippen LogP contribution in [0.2, 0.25) is 0 Å². The van der Waals surface area contributed by atoms with E-state index >= 15 is 0 Å². The minimum Gasteiger partial charge on any atom is -0.475 e. The topological polar surface area (TPSA) is 80.3 Å². The lowest BCUT2D eigenvalue weighted by molar-refractivity contribution is 0.0697. The fraction of sp³-hybridized carbons (Fsp3) is 0.471. The van der Waals surface area contributed by atoms with E-state index in [4.69, 9.17) is 9.47 Å². The number of nitrogens with one attached hydrogen (secondary N) is 1. The van der Waals surface area contributed by atoms with Crippen molar-refractivity contribution in [3.63, 3.8) is 0 Å². The summed E-state index contributed by atoms with van der Waals surface area (Å²) in [7, 11) is 1.61. The van der Waals surface area contributed by atoms with Crippen molar-refractivity contribution in [1.82, 2.24) is 20.1 Å². The van der Waals surface area contributed by atoms with Gasteiger partial charge in [0.2, 0.25) is 5.88 Å². The number of H-pyrrole nitrogens is 1. The first-order chi connectivity index (χ1) is 11.8. The number of hydrogen-bond donors (Lipinski definition) is 1. The maximum Gasteiger partial charge on any atom is 0.259 e. The van der Waals surface area contributed by atoms with E-state index in [0.29, 0.717) is 37.1 Å². The molecular formula is C17H22N4O3. The van der Waals surface area contributed by atoms with Gasteiger partial charge in [-0.2, -0.15) is 5.10 Å². The van der Waals surface area contributed by atoms with Crippen LogP contribution in [-0.4, -0.2) is 59.4 Å². The van der Waals surface area contributed by atoms with Crippen LogP contribution < -0.4 is 4.74 Å². The second-order valence-electron chi connectivity index (χ2n) is 5.80. The Hall–Kier alpha value is -2.41. The van der Waals surface area contributed by atoms with Crippen LogP contribution in [-0.2, 0) is 4.74 Å². The van der Waals surface area contributed by atoms with Crippen molar-refractivity contribution in [1.29, 1.82) is 0 Å². The second kappa shape index (κ2) is 7.92. The molecule has 1 N–H and O–H groups in total. The van der Waals surface area contributed by atoms with Gasteiger partial charge < -0.3 is 14.4 Å². The summed E-state index contributed by atoms with van der Waals surface area (Å²) in [5, 5.41) is 7.02. The Morgan fingerprint density at radius 3 is 3.08 bits per heavy atom. The Balaban J connectivity index is 1.71. The first kappa shape index (κ1) is 16.4. The lowest BCUT2D eigenvalue weighted by Gasteiger charge is -2.32. The molecule has 1 amide bonds. The van der Waals surface area contributed by atoms with E-state index in [2.05, 4.69) is 15.2 Å². The van der Waals surface area contributed by atoms with Crippen LogP contribution in [0.25, 0.3) is 0 Å². The molecule has 0 aliphatic carbocycles. The quantitative estimate of drug-likeness (QED) is 0.818. The molecule has 1 atom stereocenters. The largest absolute Gasteiger partial charge is 0.475 e. The Morgan fingerprint density at radius 2 is 2.29 bits per heavy atom. The van der Waals surface area contributed by atoms with E-state index in [0.717, 1.165) is 25.1 Å². The fourth-order valence-electron chi connectivity index (χ4n) is 2.97. The average Bonchev–Trinajstić information content (AvgIpc) is 3.17. The summed E-state index contributed by atoms with van der Waals surface area (Å²) < 4.78 is 10.6. The third-order valence-corrected chi connectivity index (χ3v) is 4.20. The number of pyridine rings is 1. The number of hydrogen-bond acceptors (Lipinski definition) is 5. The standard InChI is InChI=1S/C17H22N4O3/c1-23-10-11-24-16-14(5-2-7-18-16)17(22)21-9-3-4-13(12-21)15-6-8-19-20-15/h2,5-8,13H,3-4,9-12H2,1H3,(H,19,20)/t13-/m1/s1. The molecule has 0 radical (unpaired) electrons. The van der Waals surface area contributed by atoms with Gasteiger partial charge in [0.05, 0.1) is 6.61 Å². The zero-order chi connectivity index (χ0) is 16.8. The SMILES string of the molecule is COCCOc1ncccc1C(=O)N1CCC[C@@H](c2ccn[nH]2)C1. The molecule has 3 heterocycles. The van der Waals surface area contributed by atoms with E-state index < -0.39 is 0 Å². The van der Waals surface area contributed by atoms with Gasteiger partial charge in [-0.1, -0.05) is 0 Å². The Bertz CT molecular complexity index is 660. The van der Waals surface area contributed by atoms with Gasteiger partial charge >= 0.3 is 0 Å². The fourth-order valence-corrected chi connectivity index (χ4v) is 2.97. The highest BCUT2D eigenvalue weighted by Gasteiger charge is 2.28. The smallest absolute Gasteiger partial charge is 0.259 e. The Kier molecular flexibility index (Phi) is 5.43. The van der Waals surface area contributed by atoms with Crippen LogP contribution in [0.3, 0.4) is 0 Å². The van der Waals surface area contributed by atoms with Gasteiger partial charge in [-0.25, -0.2) is 4.98 Å². The molecule has 1 fully saturated rings. The summed E-state index contributed by atoms with van der Waals surface area (Å²) in [5.41, 5.74) is 1.58. The number of ether oxygens (including phenoxy) is 2. The molecule has 128 valence electrons. The number of aromatic nitrogens is 3. The molecule has 2 aromatic heterocycles. The minimum atomic E-state index is -0.0419. The number of likely N-dealkylation sites (tertiary alicyclic amines) is 1. The summed E-state index contributed by atoms with van der Waals surface area (Å²) in [6.07, 6.45) is 5.40. The molecule has 7 nitrogen and oxygen atoms in total. The average molecular weight is 330 g/mol. The molecule has 2 aromatic rings. The number of carbonyl (C=O) groups excluding carboxylic acids is 1. The van der Waals surface area contributed by atoms with Gasteiger partial charge in [0.25, 0.3) is 5.91 Å². The van der Waals surface area contributed by atoms with Gasteiger partial charge in [-0.15, -0.1) is 0 Å². The van der Waals surface area contributed by atoms with E-state index in [1.54, 1.807) is 31.6 Å². The van der Waals surface area contributed by atoms with Crippen molar-refractivity contribution in [2.24, 2.45) is 0 Å². The monoisotopic (exact) mass is 330 g/mol. The molecule has 0 bridgehead atoms. The number of carbonyl (C=O) groups is 1. The summed E-state index contributed by atoms with van der Waals surface area (Å²) in [5.74, 6) is 0.614. The predicted octanol–water partition coefficient (Wildman–Crippen LogP) is 1.85. The lowest BCUT2D eigenvalue weighted by atomic mass is 9.94. The molecule has 1 aliphatic rings.